The van der Waals surface area contributed by atoms with Crippen molar-refractivity contribution in [3.63, 3.8) is 0 Å². The zero-order valence-electron chi connectivity index (χ0n) is 17.8. The van der Waals surface area contributed by atoms with Crippen molar-refractivity contribution in [3.05, 3.63) is 64.2 Å². The summed E-state index contributed by atoms with van der Waals surface area (Å²) in [6.07, 6.45) is -0.464. The summed E-state index contributed by atoms with van der Waals surface area (Å²) in [6, 6.07) is 9.78. The van der Waals surface area contributed by atoms with Crippen LogP contribution in [-0.2, 0) is 11.3 Å². The summed E-state index contributed by atoms with van der Waals surface area (Å²) in [5.74, 6) is 0.606. The molecule has 9 heteroatoms. The standard InChI is InChI=1S/C22H24ClFN4O2S/c1-5-28-21(15(4)30-19-9-7-16(24)11-18(19)23)26-27-22(28)31-12-20(29)25-17-8-6-13(2)14(3)10-17/h6-11,15H,5,12H2,1-4H3,(H,25,29). The molecule has 0 aliphatic heterocycles. The first-order valence-corrected chi connectivity index (χ1v) is 11.2. The number of halogens is 2. The Kier molecular flexibility index (Phi) is 7.56. The van der Waals surface area contributed by atoms with Gasteiger partial charge in [-0.1, -0.05) is 29.4 Å². The first kappa shape index (κ1) is 23.1. The van der Waals surface area contributed by atoms with Crippen molar-refractivity contribution in [1.82, 2.24) is 14.8 Å². The van der Waals surface area contributed by atoms with E-state index in [1.165, 1.54) is 35.5 Å². The molecule has 0 fully saturated rings. The van der Waals surface area contributed by atoms with Crippen molar-refractivity contribution < 1.29 is 13.9 Å². The molecule has 1 heterocycles. The molecule has 0 aliphatic rings. The molecule has 1 atom stereocenters. The van der Waals surface area contributed by atoms with Crippen molar-refractivity contribution in [2.45, 2.75) is 45.5 Å². The van der Waals surface area contributed by atoms with Crippen LogP contribution in [0.15, 0.2) is 41.6 Å². The molecule has 3 rings (SSSR count). The summed E-state index contributed by atoms with van der Waals surface area (Å²) < 4.78 is 21.0. The highest BCUT2D eigenvalue weighted by molar-refractivity contribution is 7.99. The number of amides is 1. The van der Waals surface area contributed by atoms with Gasteiger partial charge < -0.3 is 14.6 Å². The Morgan fingerprint density at radius 1 is 1.23 bits per heavy atom. The average Bonchev–Trinajstić information content (AvgIpc) is 3.14. The van der Waals surface area contributed by atoms with Crippen LogP contribution in [0.25, 0.3) is 0 Å². The number of benzene rings is 2. The van der Waals surface area contributed by atoms with Gasteiger partial charge in [0.2, 0.25) is 5.91 Å². The van der Waals surface area contributed by atoms with Crippen LogP contribution in [0.1, 0.15) is 36.9 Å². The third-order valence-electron chi connectivity index (χ3n) is 4.75. The molecule has 0 saturated carbocycles. The summed E-state index contributed by atoms with van der Waals surface area (Å²) >= 11 is 7.36. The van der Waals surface area contributed by atoms with E-state index in [1.807, 2.05) is 50.5 Å². The molecule has 1 aromatic heterocycles. The molecule has 1 amide bonds. The van der Waals surface area contributed by atoms with E-state index in [-0.39, 0.29) is 16.7 Å². The molecule has 1 unspecified atom stereocenters. The van der Waals surface area contributed by atoms with Crippen molar-refractivity contribution in [2.24, 2.45) is 0 Å². The molecule has 1 N–H and O–H groups in total. The molecule has 0 radical (unpaired) electrons. The lowest BCUT2D eigenvalue weighted by Gasteiger charge is -2.16. The number of hydrogen-bond donors (Lipinski definition) is 1. The SMILES string of the molecule is CCn1c(SCC(=O)Nc2ccc(C)c(C)c2)nnc1C(C)Oc1ccc(F)cc1Cl. The summed E-state index contributed by atoms with van der Waals surface area (Å²) in [4.78, 5) is 12.4. The molecular weight excluding hydrogens is 439 g/mol. The van der Waals surface area contributed by atoms with Crippen LogP contribution in [-0.4, -0.2) is 26.4 Å². The van der Waals surface area contributed by atoms with E-state index in [0.29, 0.717) is 23.3 Å². The summed E-state index contributed by atoms with van der Waals surface area (Å²) in [5, 5.41) is 12.2. The molecule has 0 aliphatic carbocycles. The first-order valence-electron chi connectivity index (χ1n) is 9.83. The number of carbonyl (C=O) groups excluding carboxylic acids is 1. The Morgan fingerprint density at radius 3 is 2.68 bits per heavy atom. The third kappa shape index (κ3) is 5.77. The minimum atomic E-state index is -0.464. The predicted molar refractivity (Wildman–Crippen MR) is 121 cm³/mol. The maximum atomic E-state index is 13.3. The van der Waals surface area contributed by atoms with E-state index in [9.17, 15) is 9.18 Å². The van der Waals surface area contributed by atoms with Crippen LogP contribution in [0.5, 0.6) is 5.75 Å². The maximum Gasteiger partial charge on any atom is 0.234 e. The zero-order valence-corrected chi connectivity index (χ0v) is 19.4. The van der Waals surface area contributed by atoms with Gasteiger partial charge in [0.1, 0.15) is 11.6 Å². The lowest BCUT2D eigenvalue weighted by Crippen LogP contribution is -2.15. The number of hydrogen-bond acceptors (Lipinski definition) is 5. The van der Waals surface area contributed by atoms with E-state index in [4.69, 9.17) is 16.3 Å². The highest BCUT2D eigenvalue weighted by Crippen LogP contribution is 2.30. The Hall–Kier alpha value is -2.58. The maximum absolute atomic E-state index is 13.3. The lowest BCUT2D eigenvalue weighted by molar-refractivity contribution is -0.113. The Bertz CT molecular complexity index is 1090. The third-order valence-corrected chi connectivity index (χ3v) is 6.01. The average molecular weight is 463 g/mol. The molecule has 164 valence electrons. The van der Waals surface area contributed by atoms with Crippen LogP contribution >= 0.6 is 23.4 Å². The number of carbonyl (C=O) groups is 1. The second-order valence-corrected chi connectivity index (χ2v) is 8.41. The number of rotatable bonds is 8. The molecule has 31 heavy (non-hydrogen) atoms. The second-order valence-electron chi connectivity index (χ2n) is 7.06. The van der Waals surface area contributed by atoms with Gasteiger partial charge >= 0.3 is 0 Å². The van der Waals surface area contributed by atoms with Crippen molar-refractivity contribution in [1.29, 1.82) is 0 Å². The number of aromatic nitrogens is 3. The molecular formula is C22H24ClFN4O2S. The van der Waals surface area contributed by atoms with Crippen LogP contribution in [0.3, 0.4) is 0 Å². The fourth-order valence-electron chi connectivity index (χ4n) is 2.97. The number of aryl methyl sites for hydroxylation is 2. The summed E-state index contributed by atoms with van der Waals surface area (Å²) in [6.45, 7) is 8.42. The van der Waals surface area contributed by atoms with E-state index in [2.05, 4.69) is 15.5 Å². The second kappa shape index (κ2) is 10.2. The Morgan fingerprint density at radius 2 is 2.00 bits per heavy atom. The Balaban J connectivity index is 1.65. The van der Waals surface area contributed by atoms with E-state index in [0.717, 1.165) is 11.3 Å². The highest BCUT2D eigenvalue weighted by Gasteiger charge is 2.20. The fraction of sp³-hybridized carbons (Fsp3) is 0.318. The van der Waals surface area contributed by atoms with E-state index in [1.54, 1.807) is 0 Å². The van der Waals surface area contributed by atoms with E-state index < -0.39 is 11.9 Å². The van der Waals surface area contributed by atoms with Gasteiger partial charge in [-0.3, -0.25) is 4.79 Å². The Labute approximate surface area is 190 Å². The monoisotopic (exact) mass is 462 g/mol. The van der Waals surface area contributed by atoms with Crippen molar-refractivity contribution in [3.8, 4) is 5.75 Å². The van der Waals surface area contributed by atoms with Gasteiger partial charge in [0.15, 0.2) is 17.1 Å². The molecule has 0 saturated heterocycles. The van der Waals surface area contributed by atoms with Gasteiger partial charge in [0.25, 0.3) is 0 Å². The summed E-state index contributed by atoms with van der Waals surface area (Å²) in [5.41, 5.74) is 3.06. The molecule has 6 nitrogen and oxygen atoms in total. The van der Waals surface area contributed by atoms with Crippen LogP contribution in [0, 0.1) is 19.7 Å². The van der Waals surface area contributed by atoms with Gasteiger partial charge in [0, 0.05) is 12.2 Å². The van der Waals surface area contributed by atoms with Gasteiger partial charge in [-0.25, -0.2) is 4.39 Å². The molecule has 3 aromatic rings. The number of nitrogens with zero attached hydrogens (tertiary/aromatic N) is 3. The lowest BCUT2D eigenvalue weighted by atomic mass is 10.1. The minimum Gasteiger partial charge on any atom is -0.481 e. The van der Waals surface area contributed by atoms with Crippen molar-refractivity contribution >= 4 is 35.0 Å². The molecule has 0 bridgehead atoms. The number of ether oxygens (including phenoxy) is 1. The molecule has 0 spiro atoms. The topological polar surface area (TPSA) is 69.0 Å². The van der Waals surface area contributed by atoms with Crippen LogP contribution < -0.4 is 10.1 Å². The predicted octanol–water partition coefficient (Wildman–Crippen LogP) is 5.58. The number of nitrogens with one attached hydrogen (secondary N) is 1. The summed E-state index contributed by atoms with van der Waals surface area (Å²) in [7, 11) is 0. The zero-order chi connectivity index (χ0) is 22.5. The number of anilines is 1. The first-order chi connectivity index (χ1) is 14.8. The van der Waals surface area contributed by atoms with Gasteiger partial charge in [-0.05, 0) is 69.2 Å². The van der Waals surface area contributed by atoms with Crippen molar-refractivity contribution in [2.75, 3.05) is 11.1 Å². The minimum absolute atomic E-state index is 0.122. The quantitative estimate of drug-likeness (QED) is 0.442. The molecule has 2 aromatic carbocycles. The van der Waals surface area contributed by atoms with Gasteiger partial charge in [-0.2, -0.15) is 0 Å². The van der Waals surface area contributed by atoms with E-state index >= 15 is 0 Å². The van der Waals surface area contributed by atoms with Crippen LogP contribution in [0.4, 0.5) is 10.1 Å². The smallest absolute Gasteiger partial charge is 0.234 e. The largest absolute Gasteiger partial charge is 0.481 e. The van der Waals surface area contributed by atoms with Gasteiger partial charge in [-0.15, -0.1) is 10.2 Å². The number of thioether (sulfide) groups is 1. The van der Waals surface area contributed by atoms with Gasteiger partial charge in [0.05, 0.1) is 10.8 Å². The van der Waals surface area contributed by atoms with Crippen LogP contribution in [0.2, 0.25) is 5.02 Å². The fourth-order valence-corrected chi connectivity index (χ4v) is 3.99. The normalized spacial score (nSPS) is 11.9. The highest BCUT2D eigenvalue weighted by atomic mass is 35.5.